The lowest BCUT2D eigenvalue weighted by Crippen LogP contribution is -2.38. The molecule has 2 amide bonds. The molecule has 0 bridgehead atoms. The van der Waals surface area contributed by atoms with Crippen LogP contribution in [-0.2, 0) is 22.6 Å². The van der Waals surface area contributed by atoms with E-state index in [-0.39, 0.29) is 18.2 Å². The molecule has 0 saturated heterocycles. The van der Waals surface area contributed by atoms with Gasteiger partial charge in [0.2, 0.25) is 11.8 Å². The first-order chi connectivity index (χ1) is 11.6. The van der Waals surface area contributed by atoms with E-state index in [1.807, 2.05) is 55.5 Å². The van der Waals surface area contributed by atoms with Crippen LogP contribution < -0.4 is 10.2 Å². The summed E-state index contributed by atoms with van der Waals surface area (Å²) >= 11 is 0. The van der Waals surface area contributed by atoms with E-state index < -0.39 is 0 Å². The first kappa shape index (κ1) is 16.2. The summed E-state index contributed by atoms with van der Waals surface area (Å²) in [6.07, 6.45) is 1.81. The van der Waals surface area contributed by atoms with E-state index in [9.17, 15) is 9.59 Å². The minimum Gasteiger partial charge on any atom is -0.352 e. The Kier molecular flexibility index (Phi) is 4.94. The van der Waals surface area contributed by atoms with Crippen molar-refractivity contribution in [2.24, 2.45) is 0 Å². The summed E-state index contributed by atoms with van der Waals surface area (Å²) in [6, 6.07) is 15.8. The Morgan fingerprint density at radius 1 is 1.08 bits per heavy atom. The zero-order valence-electron chi connectivity index (χ0n) is 13.9. The summed E-state index contributed by atoms with van der Waals surface area (Å²) in [5, 5.41) is 2.85. The highest BCUT2D eigenvalue weighted by Crippen LogP contribution is 2.27. The average Bonchev–Trinajstić information content (AvgIpc) is 2.60. The molecule has 2 aromatic carbocycles. The molecule has 1 N–H and O–H groups in total. The standard InChI is InChI=1S/C20H22N2O2/c1-15-7-2-3-9-17(15)14-21-19(23)13-20(24)22-12-6-10-16-8-4-5-11-18(16)22/h2-5,7-9,11H,6,10,12-14H2,1H3,(H,21,23). The van der Waals surface area contributed by atoms with Crippen molar-refractivity contribution in [3.05, 3.63) is 65.2 Å². The van der Waals surface area contributed by atoms with E-state index in [1.165, 1.54) is 5.56 Å². The quantitative estimate of drug-likeness (QED) is 0.880. The van der Waals surface area contributed by atoms with E-state index in [0.717, 1.165) is 29.7 Å². The summed E-state index contributed by atoms with van der Waals surface area (Å²) in [6.45, 7) is 3.15. The number of hydrogen-bond acceptors (Lipinski definition) is 2. The largest absolute Gasteiger partial charge is 0.352 e. The molecular weight excluding hydrogens is 300 g/mol. The molecule has 4 heteroatoms. The topological polar surface area (TPSA) is 49.4 Å². The number of nitrogens with zero attached hydrogens (tertiary/aromatic N) is 1. The smallest absolute Gasteiger partial charge is 0.236 e. The van der Waals surface area contributed by atoms with Crippen LogP contribution in [0.2, 0.25) is 0 Å². The highest BCUT2D eigenvalue weighted by atomic mass is 16.2. The molecule has 0 saturated carbocycles. The van der Waals surface area contributed by atoms with Crippen LogP contribution in [0.3, 0.4) is 0 Å². The number of para-hydroxylation sites is 1. The van der Waals surface area contributed by atoms with Gasteiger partial charge in [0.1, 0.15) is 6.42 Å². The minimum absolute atomic E-state index is 0.111. The third-order valence-electron chi connectivity index (χ3n) is 4.46. The van der Waals surface area contributed by atoms with Crippen LogP contribution in [0.5, 0.6) is 0 Å². The van der Waals surface area contributed by atoms with Crippen LogP contribution in [0.15, 0.2) is 48.5 Å². The van der Waals surface area contributed by atoms with Crippen LogP contribution in [0, 0.1) is 6.92 Å². The van der Waals surface area contributed by atoms with Gasteiger partial charge >= 0.3 is 0 Å². The summed E-state index contributed by atoms with van der Waals surface area (Å²) in [4.78, 5) is 26.4. The van der Waals surface area contributed by atoms with Gasteiger partial charge in [0, 0.05) is 18.8 Å². The van der Waals surface area contributed by atoms with Gasteiger partial charge in [-0.15, -0.1) is 0 Å². The maximum atomic E-state index is 12.5. The molecule has 124 valence electrons. The van der Waals surface area contributed by atoms with Crippen LogP contribution in [-0.4, -0.2) is 18.4 Å². The van der Waals surface area contributed by atoms with Crippen molar-refractivity contribution in [2.45, 2.75) is 32.7 Å². The number of benzene rings is 2. The predicted octanol–water partition coefficient (Wildman–Crippen LogP) is 2.98. The highest BCUT2D eigenvalue weighted by molar-refractivity contribution is 6.05. The molecule has 1 aliphatic heterocycles. The normalized spacial score (nSPS) is 13.3. The van der Waals surface area contributed by atoms with E-state index in [4.69, 9.17) is 0 Å². The second-order valence-electron chi connectivity index (χ2n) is 6.16. The molecule has 0 radical (unpaired) electrons. The van der Waals surface area contributed by atoms with Crippen molar-refractivity contribution in [3.63, 3.8) is 0 Å². The lowest BCUT2D eigenvalue weighted by Gasteiger charge is -2.29. The molecule has 1 aliphatic rings. The van der Waals surface area contributed by atoms with Crippen molar-refractivity contribution in [1.29, 1.82) is 0 Å². The number of nitrogens with one attached hydrogen (secondary N) is 1. The van der Waals surface area contributed by atoms with E-state index in [1.54, 1.807) is 4.90 Å². The van der Waals surface area contributed by atoms with Gasteiger partial charge in [0.05, 0.1) is 0 Å². The molecule has 0 aromatic heterocycles. The Balaban J connectivity index is 1.59. The zero-order valence-corrected chi connectivity index (χ0v) is 13.9. The minimum atomic E-state index is -0.230. The van der Waals surface area contributed by atoms with Crippen molar-refractivity contribution in [3.8, 4) is 0 Å². The number of carbonyl (C=O) groups is 2. The van der Waals surface area contributed by atoms with Crippen molar-refractivity contribution in [1.82, 2.24) is 5.32 Å². The Labute approximate surface area is 142 Å². The molecule has 0 spiro atoms. The number of amides is 2. The molecule has 4 nitrogen and oxygen atoms in total. The molecule has 3 rings (SSSR count). The molecule has 0 aliphatic carbocycles. The lowest BCUT2D eigenvalue weighted by molar-refractivity contribution is -0.128. The first-order valence-electron chi connectivity index (χ1n) is 8.34. The third-order valence-corrected chi connectivity index (χ3v) is 4.46. The van der Waals surface area contributed by atoms with E-state index >= 15 is 0 Å². The maximum absolute atomic E-state index is 12.5. The molecule has 0 unspecified atom stereocenters. The fourth-order valence-corrected chi connectivity index (χ4v) is 3.09. The van der Waals surface area contributed by atoms with Gasteiger partial charge in [-0.05, 0) is 42.5 Å². The number of aryl methyl sites for hydroxylation is 2. The maximum Gasteiger partial charge on any atom is 0.236 e. The Morgan fingerprint density at radius 2 is 1.83 bits per heavy atom. The number of hydrogen-bond donors (Lipinski definition) is 1. The summed E-state index contributed by atoms with van der Waals surface area (Å²) in [5.41, 5.74) is 4.33. The molecule has 2 aromatic rings. The fraction of sp³-hybridized carbons (Fsp3) is 0.300. The van der Waals surface area contributed by atoms with Gasteiger partial charge in [0.15, 0.2) is 0 Å². The van der Waals surface area contributed by atoms with Gasteiger partial charge in [0.25, 0.3) is 0 Å². The van der Waals surface area contributed by atoms with Crippen molar-refractivity contribution >= 4 is 17.5 Å². The van der Waals surface area contributed by atoms with Crippen LogP contribution in [0.1, 0.15) is 29.5 Å². The van der Waals surface area contributed by atoms with Crippen LogP contribution in [0.4, 0.5) is 5.69 Å². The second kappa shape index (κ2) is 7.30. The number of anilines is 1. The molecule has 24 heavy (non-hydrogen) atoms. The van der Waals surface area contributed by atoms with Gasteiger partial charge in [-0.2, -0.15) is 0 Å². The van der Waals surface area contributed by atoms with Crippen molar-refractivity contribution in [2.75, 3.05) is 11.4 Å². The average molecular weight is 322 g/mol. The molecule has 0 atom stereocenters. The monoisotopic (exact) mass is 322 g/mol. The fourth-order valence-electron chi connectivity index (χ4n) is 3.09. The lowest BCUT2D eigenvalue weighted by atomic mass is 10.0. The van der Waals surface area contributed by atoms with Gasteiger partial charge in [-0.3, -0.25) is 9.59 Å². The van der Waals surface area contributed by atoms with Gasteiger partial charge in [-0.25, -0.2) is 0 Å². The summed E-state index contributed by atoms with van der Waals surface area (Å²) in [5.74, 6) is -0.365. The molecule has 0 fully saturated rings. The van der Waals surface area contributed by atoms with Gasteiger partial charge in [-0.1, -0.05) is 42.5 Å². The SMILES string of the molecule is Cc1ccccc1CNC(=O)CC(=O)N1CCCc2ccccc21. The Morgan fingerprint density at radius 3 is 2.67 bits per heavy atom. The van der Waals surface area contributed by atoms with Gasteiger partial charge < -0.3 is 10.2 Å². The van der Waals surface area contributed by atoms with E-state index in [0.29, 0.717) is 13.1 Å². The number of rotatable bonds is 4. The molecule has 1 heterocycles. The number of carbonyl (C=O) groups excluding carboxylic acids is 2. The predicted molar refractivity (Wildman–Crippen MR) is 94.8 cm³/mol. The zero-order chi connectivity index (χ0) is 16.9. The summed E-state index contributed by atoms with van der Waals surface area (Å²) in [7, 11) is 0. The van der Waals surface area contributed by atoms with Crippen LogP contribution >= 0.6 is 0 Å². The first-order valence-corrected chi connectivity index (χ1v) is 8.34. The third kappa shape index (κ3) is 3.65. The highest BCUT2D eigenvalue weighted by Gasteiger charge is 2.23. The van der Waals surface area contributed by atoms with E-state index in [2.05, 4.69) is 5.32 Å². The molecular formula is C20H22N2O2. The second-order valence-corrected chi connectivity index (χ2v) is 6.16. The number of fused-ring (bicyclic) bond motifs is 1. The Hall–Kier alpha value is -2.62. The van der Waals surface area contributed by atoms with Crippen molar-refractivity contribution < 1.29 is 9.59 Å². The Bertz CT molecular complexity index is 755. The van der Waals surface area contributed by atoms with Crippen LogP contribution in [0.25, 0.3) is 0 Å². The summed E-state index contributed by atoms with van der Waals surface area (Å²) < 4.78 is 0.